The van der Waals surface area contributed by atoms with Crippen LogP contribution in [0, 0.1) is 0 Å². The van der Waals surface area contributed by atoms with Crippen LogP contribution in [0.15, 0.2) is 18.2 Å². The highest BCUT2D eigenvalue weighted by molar-refractivity contribution is 6.32. The molecule has 1 aromatic carbocycles. The van der Waals surface area contributed by atoms with Crippen molar-refractivity contribution in [3.8, 4) is 5.75 Å². The van der Waals surface area contributed by atoms with Crippen LogP contribution < -0.4 is 11.2 Å². The lowest BCUT2D eigenvalue weighted by molar-refractivity contribution is 0.468. The molecule has 0 unspecified atom stereocenters. The van der Waals surface area contributed by atoms with Crippen LogP contribution in [0.4, 0.5) is 0 Å². The molecular formula is C7H10BNO. The van der Waals surface area contributed by atoms with Crippen LogP contribution in [0.3, 0.4) is 0 Å². The predicted molar refractivity (Wildman–Crippen MR) is 44.2 cm³/mol. The van der Waals surface area contributed by atoms with Gasteiger partial charge in [-0.15, -0.1) is 0 Å². The summed E-state index contributed by atoms with van der Waals surface area (Å²) in [6.07, 6.45) is 0. The molecule has 0 bridgehead atoms. The summed E-state index contributed by atoms with van der Waals surface area (Å²) in [7, 11) is 1.97. The molecular weight excluding hydrogens is 125 g/mol. The maximum Gasteiger partial charge on any atom is 0.139 e. The summed E-state index contributed by atoms with van der Waals surface area (Å²) in [5.74, 6) is 0.285. The first-order valence-electron chi connectivity index (χ1n) is 3.22. The van der Waals surface area contributed by atoms with Gasteiger partial charge < -0.3 is 10.8 Å². The monoisotopic (exact) mass is 135 g/mol. The molecule has 0 amide bonds. The first-order valence-corrected chi connectivity index (χ1v) is 3.22. The summed E-state index contributed by atoms with van der Waals surface area (Å²) >= 11 is 0. The molecule has 0 fully saturated rings. The molecule has 3 heteroatoms. The van der Waals surface area contributed by atoms with Crippen molar-refractivity contribution in [2.24, 2.45) is 5.73 Å². The Kier molecular flexibility index (Phi) is 1.97. The van der Waals surface area contributed by atoms with Gasteiger partial charge in [-0.25, -0.2) is 0 Å². The third-order valence-corrected chi connectivity index (χ3v) is 1.45. The number of nitrogens with two attached hydrogens (primary N) is 1. The molecule has 0 heterocycles. The number of rotatable bonds is 1. The van der Waals surface area contributed by atoms with Crippen LogP contribution in [-0.4, -0.2) is 13.0 Å². The molecule has 2 nitrogen and oxygen atoms in total. The molecule has 0 spiro atoms. The number of benzene rings is 1. The maximum absolute atomic E-state index is 9.15. The van der Waals surface area contributed by atoms with Crippen molar-refractivity contribution < 1.29 is 5.11 Å². The van der Waals surface area contributed by atoms with E-state index in [0.717, 1.165) is 11.0 Å². The molecule has 0 radical (unpaired) electrons. The second-order valence-corrected chi connectivity index (χ2v) is 2.34. The summed E-state index contributed by atoms with van der Waals surface area (Å²) in [5.41, 5.74) is 7.29. The molecule has 0 atom stereocenters. The highest BCUT2D eigenvalue weighted by Crippen LogP contribution is 2.12. The zero-order valence-electron chi connectivity index (χ0n) is 5.96. The number of phenols is 1. The Morgan fingerprint density at radius 2 is 2.20 bits per heavy atom. The summed E-state index contributed by atoms with van der Waals surface area (Å²) in [4.78, 5) is 0. The Morgan fingerprint density at radius 1 is 1.50 bits per heavy atom. The summed E-state index contributed by atoms with van der Waals surface area (Å²) in [5, 5.41) is 9.15. The van der Waals surface area contributed by atoms with Gasteiger partial charge in [-0.2, -0.15) is 0 Å². The predicted octanol–water partition coefficient (Wildman–Crippen LogP) is -0.891. The van der Waals surface area contributed by atoms with Crippen molar-refractivity contribution in [3.63, 3.8) is 0 Å². The minimum absolute atomic E-state index is 0.285. The zero-order valence-corrected chi connectivity index (χ0v) is 5.96. The Hall–Kier alpha value is -0.955. The van der Waals surface area contributed by atoms with E-state index >= 15 is 0 Å². The molecule has 0 aliphatic heterocycles. The average molecular weight is 135 g/mol. The number of hydrogen-bond donors (Lipinski definition) is 2. The van der Waals surface area contributed by atoms with Gasteiger partial charge in [-0.1, -0.05) is 17.6 Å². The SMILES string of the molecule is Bc1ccc(O)c(CN)c1. The van der Waals surface area contributed by atoms with Crippen LogP contribution in [-0.2, 0) is 6.54 Å². The fraction of sp³-hybridized carbons (Fsp3) is 0.143. The van der Waals surface area contributed by atoms with Gasteiger partial charge in [0.25, 0.3) is 0 Å². The standard InChI is InChI=1S/C7H10BNO/c8-6-1-2-7(10)5(3-6)4-9/h1-3,10H,4,8-9H2. The topological polar surface area (TPSA) is 46.2 Å². The van der Waals surface area contributed by atoms with Crippen LogP contribution in [0.2, 0.25) is 0 Å². The van der Waals surface area contributed by atoms with Crippen molar-refractivity contribution in [2.75, 3.05) is 0 Å². The lowest BCUT2D eigenvalue weighted by atomic mass is 9.94. The van der Waals surface area contributed by atoms with E-state index in [9.17, 15) is 0 Å². The molecule has 0 aliphatic carbocycles. The quantitative estimate of drug-likeness (QED) is 0.490. The van der Waals surface area contributed by atoms with Crippen molar-refractivity contribution in [2.45, 2.75) is 6.54 Å². The van der Waals surface area contributed by atoms with Gasteiger partial charge >= 0.3 is 0 Å². The maximum atomic E-state index is 9.15. The van der Waals surface area contributed by atoms with Gasteiger partial charge in [0, 0.05) is 12.1 Å². The first-order chi connectivity index (χ1) is 4.74. The third-order valence-electron chi connectivity index (χ3n) is 1.45. The second-order valence-electron chi connectivity index (χ2n) is 2.34. The van der Waals surface area contributed by atoms with E-state index in [0.29, 0.717) is 6.54 Å². The largest absolute Gasteiger partial charge is 0.508 e. The summed E-state index contributed by atoms with van der Waals surface area (Å²) in [6, 6.07) is 5.40. The van der Waals surface area contributed by atoms with Crippen molar-refractivity contribution >= 4 is 13.3 Å². The number of phenolic OH excluding ortho intramolecular Hbond substituents is 1. The molecule has 3 N–H and O–H groups in total. The van der Waals surface area contributed by atoms with Gasteiger partial charge in [0.15, 0.2) is 0 Å². The van der Waals surface area contributed by atoms with E-state index in [1.165, 1.54) is 0 Å². The molecule has 52 valence electrons. The Balaban J connectivity index is 3.09. The highest BCUT2D eigenvalue weighted by atomic mass is 16.3. The van der Waals surface area contributed by atoms with Gasteiger partial charge in [-0.3, -0.25) is 0 Å². The summed E-state index contributed by atoms with van der Waals surface area (Å²) < 4.78 is 0. The zero-order chi connectivity index (χ0) is 7.56. The van der Waals surface area contributed by atoms with Gasteiger partial charge in [-0.05, 0) is 6.07 Å². The molecule has 0 aliphatic rings. The lowest BCUT2D eigenvalue weighted by Crippen LogP contribution is -2.05. The van der Waals surface area contributed by atoms with Gasteiger partial charge in [0.1, 0.15) is 13.6 Å². The molecule has 10 heavy (non-hydrogen) atoms. The highest BCUT2D eigenvalue weighted by Gasteiger charge is 1.96. The van der Waals surface area contributed by atoms with Crippen LogP contribution in [0.5, 0.6) is 5.75 Å². The molecule has 0 saturated heterocycles. The minimum Gasteiger partial charge on any atom is -0.508 e. The van der Waals surface area contributed by atoms with Crippen LogP contribution >= 0.6 is 0 Å². The Morgan fingerprint density at radius 3 is 2.70 bits per heavy atom. The van der Waals surface area contributed by atoms with E-state index in [-0.39, 0.29) is 5.75 Å². The smallest absolute Gasteiger partial charge is 0.139 e. The minimum atomic E-state index is 0.285. The lowest BCUT2D eigenvalue weighted by Gasteiger charge is -2.00. The van der Waals surface area contributed by atoms with E-state index < -0.39 is 0 Å². The molecule has 1 rings (SSSR count). The Labute approximate surface area is 61.1 Å². The van der Waals surface area contributed by atoms with Crippen molar-refractivity contribution in [1.82, 2.24) is 0 Å². The van der Waals surface area contributed by atoms with Gasteiger partial charge in [0.2, 0.25) is 0 Å². The van der Waals surface area contributed by atoms with Crippen molar-refractivity contribution in [3.05, 3.63) is 23.8 Å². The van der Waals surface area contributed by atoms with Crippen molar-refractivity contribution in [1.29, 1.82) is 0 Å². The average Bonchev–Trinajstić information content (AvgIpc) is 1.94. The fourth-order valence-corrected chi connectivity index (χ4v) is 0.878. The van der Waals surface area contributed by atoms with E-state index in [1.54, 1.807) is 6.07 Å². The number of aromatic hydroxyl groups is 1. The fourth-order valence-electron chi connectivity index (χ4n) is 0.878. The summed E-state index contributed by atoms with van der Waals surface area (Å²) in [6.45, 7) is 0.396. The third kappa shape index (κ3) is 1.31. The van der Waals surface area contributed by atoms with E-state index in [4.69, 9.17) is 10.8 Å². The van der Waals surface area contributed by atoms with Crippen LogP contribution in [0.25, 0.3) is 0 Å². The molecule has 0 saturated carbocycles. The normalized spacial score (nSPS) is 9.70. The van der Waals surface area contributed by atoms with E-state index in [1.807, 2.05) is 20.0 Å². The van der Waals surface area contributed by atoms with Gasteiger partial charge in [0.05, 0.1) is 0 Å². The van der Waals surface area contributed by atoms with E-state index in [2.05, 4.69) is 0 Å². The first kappa shape index (κ1) is 7.16. The second kappa shape index (κ2) is 2.75. The Bertz CT molecular complexity index is 237. The molecule has 1 aromatic rings. The molecule has 0 aromatic heterocycles. The van der Waals surface area contributed by atoms with Crippen LogP contribution in [0.1, 0.15) is 5.56 Å². The number of hydrogen-bond acceptors (Lipinski definition) is 2.